The molecule has 0 bridgehead atoms. The number of carbonyl (C=O) groups is 1. The third-order valence-electron chi connectivity index (χ3n) is 2.54. The van der Waals surface area contributed by atoms with Crippen molar-refractivity contribution in [3.8, 4) is 5.75 Å². The lowest BCUT2D eigenvalue weighted by molar-refractivity contribution is 0.0693. The van der Waals surface area contributed by atoms with E-state index in [0.717, 1.165) is 24.8 Å². The molecule has 0 aliphatic carbocycles. The number of benzene rings is 1. The normalized spacial score (nSPS) is 10.7. The largest absolute Gasteiger partial charge is 0.507 e. The van der Waals surface area contributed by atoms with E-state index in [9.17, 15) is 9.90 Å². The van der Waals surface area contributed by atoms with Gasteiger partial charge in [0.05, 0.1) is 0 Å². The summed E-state index contributed by atoms with van der Waals surface area (Å²) >= 11 is 0. The average Bonchev–Trinajstić information content (AvgIpc) is 2.19. The summed E-state index contributed by atoms with van der Waals surface area (Å²) < 4.78 is 0. The first-order valence-electron chi connectivity index (χ1n) is 5.56. The minimum atomic E-state index is -1.08. The van der Waals surface area contributed by atoms with Gasteiger partial charge in [0.15, 0.2) is 0 Å². The van der Waals surface area contributed by atoms with Gasteiger partial charge in [-0.15, -0.1) is 0 Å². The maximum Gasteiger partial charge on any atom is 0.339 e. The highest BCUT2D eigenvalue weighted by molar-refractivity contribution is 5.90. The third-order valence-corrected chi connectivity index (χ3v) is 2.54. The molecule has 1 aromatic rings. The predicted molar refractivity (Wildman–Crippen MR) is 62.8 cm³/mol. The van der Waals surface area contributed by atoms with Crippen molar-refractivity contribution in [2.75, 3.05) is 0 Å². The van der Waals surface area contributed by atoms with Crippen molar-refractivity contribution in [2.24, 2.45) is 5.92 Å². The number of rotatable bonds is 5. The van der Waals surface area contributed by atoms with Crippen molar-refractivity contribution in [2.45, 2.75) is 33.1 Å². The summed E-state index contributed by atoms with van der Waals surface area (Å²) in [4.78, 5) is 10.8. The summed E-state index contributed by atoms with van der Waals surface area (Å²) in [5.74, 6) is -0.584. The third kappa shape index (κ3) is 3.57. The Morgan fingerprint density at radius 2 is 2.06 bits per heavy atom. The highest BCUT2D eigenvalue weighted by Crippen LogP contribution is 2.20. The molecule has 3 heteroatoms. The molecule has 0 atom stereocenters. The Hall–Kier alpha value is -1.51. The first-order chi connectivity index (χ1) is 7.50. The SMILES string of the molecule is CC(C)CCCc1ccc(O)c(C(=O)O)c1. The van der Waals surface area contributed by atoms with Crippen LogP contribution in [0.15, 0.2) is 18.2 Å². The van der Waals surface area contributed by atoms with Gasteiger partial charge < -0.3 is 10.2 Å². The van der Waals surface area contributed by atoms with E-state index in [1.54, 1.807) is 12.1 Å². The van der Waals surface area contributed by atoms with Crippen LogP contribution in [0, 0.1) is 5.92 Å². The number of aryl methyl sites for hydroxylation is 1. The van der Waals surface area contributed by atoms with E-state index in [0.29, 0.717) is 5.92 Å². The molecule has 0 heterocycles. The highest BCUT2D eigenvalue weighted by atomic mass is 16.4. The fourth-order valence-electron chi connectivity index (χ4n) is 1.62. The summed E-state index contributed by atoms with van der Waals surface area (Å²) in [7, 11) is 0. The smallest absolute Gasteiger partial charge is 0.339 e. The van der Waals surface area contributed by atoms with Crippen molar-refractivity contribution >= 4 is 5.97 Å². The standard InChI is InChI=1S/C13H18O3/c1-9(2)4-3-5-10-6-7-12(14)11(8-10)13(15)16/h6-9,14H,3-5H2,1-2H3,(H,15,16). The van der Waals surface area contributed by atoms with Gasteiger partial charge in [0.1, 0.15) is 11.3 Å². The van der Waals surface area contributed by atoms with Crippen LogP contribution >= 0.6 is 0 Å². The Kier molecular flexibility index (Phi) is 4.35. The molecular weight excluding hydrogens is 204 g/mol. The van der Waals surface area contributed by atoms with Crippen molar-refractivity contribution in [1.29, 1.82) is 0 Å². The van der Waals surface area contributed by atoms with E-state index < -0.39 is 5.97 Å². The van der Waals surface area contributed by atoms with Crippen LogP contribution in [0.3, 0.4) is 0 Å². The van der Waals surface area contributed by atoms with Crippen LogP contribution in [-0.2, 0) is 6.42 Å². The topological polar surface area (TPSA) is 57.5 Å². The summed E-state index contributed by atoms with van der Waals surface area (Å²) in [5, 5.41) is 18.2. The number of carboxylic acid groups (broad SMARTS) is 1. The van der Waals surface area contributed by atoms with Gasteiger partial charge in [-0.3, -0.25) is 0 Å². The van der Waals surface area contributed by atoms with Gasteiger partial charge in [0.25, 0.3) is 0 Å². The van der Waals surface area contributed by atoms with Crippen LogP contribution in [0.25, 0.3) is 0 Å². The molecule has 0 radical (unpaired) electrons. The number of aromatic hydroxyl groups is 1. The lowest BCUT2D eigenvalue weighted by Gasteiger charge is -2.06. The summed E-state index contributed by atoms with van der Waals surface area (Å²) in [5.41, 5.74) is 0.956. The first kappa shape index (κ1) is 12.6. The average molecular weight is 222 g/mol. The van der Waals surface area contributed by atoms with Gasteiger partial charge >= 0.3 is 5.97 Å². The van der Waals surface area contributed by atoms with Crippen LogP contribution < -0.4 is 0 Å². The predicted octanol–water partition coefficient (Wildman–Crippen LogP) is 3.07. The van der Waals surface area contributed by atoms with Gasteiger partial charge in [0, 0.05) is 0 Å². The Labute approximate surface area is 95.7 Å². The van der Waals surface area contributed by atoms with Crippen LogP contribution in [0.5, 0.6) is 5.75 Å². The number of carboxylic acids is 1. The number of phenols is 1. The summed E-state index contributed by atoms with van der Waals surface area (Å²) in [6, 6.07) is 4.79. The summed E-state index contributed by atoms with van der Waals surface area (Å²) in [6.45, 7) is 4.33. The van der Waals surface area contributed by atoms with Crippen molar-refractivity contribution in [1.82, 2.24) is 0 Å². The Morgan fingerprint density at radius 3 is 2.62 bits per heavy atom. The fraction of sp³-hybridized carbons (Fsp3) is 0.462. The zero-order chi connectivity index (χ0) is 12.1. The molecule has 0 amide bonds. The van der Waals surface area contributed by atoms with E-state index in [1.807, 2.05) is 0 Å². The minimum Gasteiger partial charge on any atom is -0.507 e. The molecule has 0 spiro atoms. The van der Waals surface area contributed by atoms with Gasteiger partial charge in [-0.05, 0) is 36.5 Å². The molecule has 0 aliphatic heterocycles. The number of hydrogen-bond donors (Lipinski definition) is 2. The molecule has 1 aromatic carbocycles. The molecule has 0 aromatic heterocycles. The van der Waals surface area contributed by atoms with E-state index in [1.165, 1.54) is 6.07 Å². The molecule has 16 heavy (non-hydrogen) atoms. The zero-order valence-electron chi connectivity index (χ0n) is 9.73. The number of aromatic carboxylic acids is 1. The van der Waals surface area contributed by atoms with Crippen LogP contribution in [0.1, 0.15) is 42.6 Å². The molecule has 0 saturated carbocycles. The van der Waals surface area contributed by atoms with Gasteiger partial charge in [0.2, 0.25) is 0 Å². The molecule has 88 valence electrons. The second kappa shape index (κ2) is 5.54. The Balaban J connectivity index is 2.68. The Bertz CT molecular complexity index is 369. The van der Waals surface area contributed by atoms with Crippen molar-refractivity contribution < 1.29 is 15.0 Å². The maximum atomic E-state index is 10.8. The van der Waals surface area contributed by atoms with E-state index >= 15 is 0 Å². The Morgan fingerprint density at radius 1 is 1.38 bits per heavy atom. The van der Waals surface area contributed by atoms with E-state index in [2.05, 4.69) is 13.8 Å². The van der Waals surface area contributed by atoms with Crippen LogP contribution in [0.4, 0.5) is 0 Å². The first-order valence-corrected chi connectivity index (χ1v) is 5.56. The highest BCUT2D eigenvalue weighted by Gasteiger charge is 2.09. The monoisotopic (exact) mass is 222 g/mol. The van der Waals surface area contributed by atoms with Crippen molar-refractivity contribution in [3.05, 3.63) is 29.3 Å². The van der Waals surface area contributed by atoms with Crippen LogP contribution in [-0.4, -0.2) is 16.2 Å². The van der Waals surface area contributed by atoms with Crippen molar-refractivity contribution in [3.63, 3.8) is 0 Å². The lowest BCUT2D eigenvalue weighted by atomic mass is 10.0. The van der Waals surface area contributed by atoms with Gasteiger partial charge in [-0.2, -0.15) is 0 Å². The lowest BCUT2D eigenvalue weighted by Crippen LogP contribution is -1.99. The maximum absolute atomic E-state index is 10.8. The fourth-order valence-corrected chi connectivity index (χ4v) is 1.62. The molecule has 2 N–H and O–H groups in total. The van der Waals surface area contributed by atoms with Crippen LogP contribution in [0.2, 0.25) is 0 Å². The molecule has 1 rings (SSSR count). The molecule has 0 saturated heterocycles. The molecule has 3 nitrogen and oxygen atoms in total. The zero-order valence-corrected chi connectivity index (χ0v) is 9.73. The molecule has 0 unspecified atom stereocenters. The molecule has 0 aliphatic rings. The second-order valence-electron chi connectivity index (χ2n) is 4.44. The number of hydrogen-bond acceptors (Lipinski definition) is 2. The second-order valence-corrected chi connectivity index (χ2v) is 4.44. The molecular formula is C13H18O3. The van der Waals surface area contributed by atoms with E-state index in [-0.39, 0.29) is 11.3 Å². The van der Waals surface area contributed by atoms with Gasteiger partial charge in [-0.25, -0.2) is 4.79 Å². The quantitative estimate of drug-likeness (QED) is 0.805. The molecule has 0 fully saturated rings. The summed E-state index contributed by atoms with van der Waals surface area (Å²) in [6.07, 6.45) is 3.03. The van der Waals surface area contributed by atoms with Gasteiger partial charge in [-0.1, -0.05) is 26.3 Å². The van der Waals surface area contributed by atoms with E-state index in [4.69, 9.17) is 5.11 Å². The minimum absolute atomic E-state index is 0.0120.